The van der Waals surface area contributed by atoms with Gasteiger partial charge in [0.2, 0.25) is 0 Å². The number of hydrogen-bond donors (Lipinski definition) is 0. The molecule has 0 bridgehead atoms. The Morgan fingerprint density at radius 1 is 0.824 bits per heavy atom. The van der Waals surface area contributed by atoms with Crippen molar-refractivity contribution in [1.82, 2.24) is 0 Å². The van der Waals surface area contributed by atoms with Crippen molar-refractivity contribution >= 4 is 48.0 Å². The van der Waals surface area contributed by atoms with Crippen molar-refractivity contribution in [2.75, 3.05) is 0 Å². The Balaban J connectivity index is 2.09. The molecule has 2 heteroatoms. The van der Waals surface area contributed by atoms with Gasteiger partial charge in [-0.2, -0.15) is 0 Å². The summed E-state index contributed by atoms with van der Waals surface area (Å²) in [6, 6.07) is 21.8. The monoisotopic (exact) mass is 344 g/mol. The van der Waals surface area contributed by atoms with Crippen molar-refractivity contribution in [3.8, 4) is 0 Å². The van der Waals surface area contributed by atoms with Crippen molar-refractivity contribution in [1.29, 1.82) is 0 Å². The summed E-state index contributed by atoms with van der Waals surface area (Å²) in [5.74, 6) is 0. The first-order valence-corrected chi connectivity index (χ1v) is 10.8. The maximum atomic E-state index is 2.55. The molecule has 0 amide bonds. The first-order chi connectivity index (χ1) is 8.34. The predicted molar refractivity (Wildman–Crippen MR) is 83.2 cm³/mol. The molecule has 0 spiro atoms. The zero-order valence-corrected chi connectivity index (χ0v) is 14.9. The molecule has 0 heterocycles. The van der Waals surface area contributed by atoms with Gasteiger partial charge < -0.3 is 0 Å². The SMILES string of the molecule is C[C]([CH]=[GeH][c]1ccccc1)=[GeH][c]1ccccc1. The molecule has 0 aliphatic heterocycles. The number of hydrogen-bond acceptors (Lipinski definition) is 0. The average molecular weight is 342 g/mol. The van der Waals surface area contributed by atoms with Crippen LogP contribution in [0.3, 0.4) is 0 Å². The second-order valence-corrected chi connectivity index (χ2v) is 10.8. The third-order valence-electron chi connectivity index (χ3n) is 2.53. The van der Waals surface area contributed by atoms with Gasteiger partial charge in [0.15, 0.2) is 0 Å². The first kappa shape index (κ1) is 12.7. The van der Waals surface area contributed by atoms with Gasteiger partial charge in [-0.1, -0.05) is 0 Å². The van der Waals surface area contributed by atoms with Crippen molar-refractivity contribution in [3.63, 3.8) is 0 Å². The molecule has 0 aliphatic carbocycles. The van der Waals surface area contributed by atoms with E-state index in [-0.39, 0.29) is 30.0 Å². The Morgan fingerprint density at radius 3 is 1.94 bits per heavy atom. The molecule has 0 nitrogen and oxygen atoms in total. The molecule has 0 N–H and O–H groups in total. The Labute approximate surface area is 115 Å². The van der Waals surface area contributed by atoms with Gasteiger partial charge in [-0.05, 0) is 0 Å². The zero-order valence-electron chi connectivity index (χ0n) is 10.0. The van der Waals surface area contributed by atoms with Crippen molar-refractivity contribution < 1.29 is 0 Å². The van der Waals surface area contributed by atoms with Crippen molar-refractivity contribution in [3.05, 3.63) is 60.7 Å². The van der Waals surface area contributed by atoms with E-state index in [4.69, 9.17) is 0 Å². The molecule has 2 rings (SSSR count). The summed E-state index contributed by atoms with van der Waals surface area (Å²) < 4.78 is 4.78. The molecular weight excluding hydrogens is 325 g/mol. The molecule has 17 heavy (non-hydrogen) atoms. The molecule has 0 aromatic heterocycles. The van der Waals surface area contributed by atoms with Crippen LogP contribution in [0.15, 0.2) is 60.7 Å². The second kappa shape index (κ2) is 6.87. The molecule has 0 aliphatic rings. The second-order valence-electron chi connectivity index (χ2n) is 4.04. The summed E-state index contributed by atoms with van der Waals surface area (Å²) in [6.45, 7) is 2.31. The maximum absolute atomic E-state index is 2.55. The molecule has 0 saturated carbocycles. The Kier molecular flexibility index (Phi) is 5.14. The Hall–Kier alpha value is -0.734. The fraction of sp³-hybridized carbons (Fsp3) is 0.0667. The van der Waals surface area contributed by atoms with Gasteiger partial charge in [-0.15, -0.1) is 0 Å². The van der Waals surface area contributed by atoms with Crippen LogP contribution in [0.1, 0.15) is 6.92 Å². The van der Waals surface area contributed by atoms with Crippen LogP contribution in [0.2, 0.25) is 0 Å². The molecule has 0 fully saturated rings. The topological polar surface area (TPSA) is 0 Å². The minimum atomic E-state index is -0.364. The van der Waals surface area contributed by atoms with E-state index in [0.29, 0.717) is 0 Å². The normalized spacial score (nSPS) is 11.9. The van der Waals surface area contributed by atoms with Crippen LogP contribution in [0, 0.1) is 0 Å². The predicted octanol–water partition coefficient (Wildman–Crippen LogP) is 0.505. The zero-order chi connectivity index (χ0) is 11.9. The van der Waals surface area contributed by atoms with Crippen LogP contribution >= 0.6 is 0 Å². The standard InChI is InChI=1S/C15H16Ge2/c1-13(17-15-10-6-3-7-11-15)12-16-14-8-4-2-5-9-14/h2-12,16-17H,1H3. The van der Waals surface area contributed by atoms with Crippen LogP contribution in [-0.4, -0.2) is 39.2 Å². The van der Waals surface area contributed by atoms with E-state index in [2.05, 4.69) is 72.4 Å². The third kappa shape index (κ3) is 4.56. The van der Waals surface area contributed by atoms with Crippen molar-refractivity contribution in [2.24, 2.45) is 0 Å². The van der Waals surface area contributed by atoms with Crippen LogP contribution in [0.25, 0.3) is 0 Å². The van der Waals surface area contributed by atoms with Gasteiger partial charge in [-0.25, -0.2) is 0 Å². The van der Waals surface area contributed by atoms with E-state index in [1.807, 2.05) is 0 Å². The molecule has 0 saturated heterocycles. The number of benzene rings is 2. The van der Waals surface area contributed by atoms with E-state index in [1.165, 1.54) is 0 Å². The molecular formula is C15H16Ge2. The van der Waals surface area contributed by atoms with Crippen molar-refractivity contribution in [2.45, 2.75) is 6.92 Å². The molecule has 2 aromatic rings. The fourth-order valence-corrected chi connectivity index (χ4v) is 7.81. The summed E-state index contributed by atoms with van der Waals surface area (Å²) in [6.07, 6.45) is 0. The van der Waals surface area contributed by atoms with Crippen LogP contribution in [0.4, 0.5) is 0 Å². The van der Waals surface area contributed by atoms with Gasteiger partial charge >= 0.3 is 116 Å². The first-order valence-electron chi connectivity index (χ1n) is 5.81. The van der Waals surface area contributed by atoms with E-state index in [9.17, 15) is 0 Å². The third-order valence-corrected chi connectivity index (χ3v) is 10.2. The van der Waals surface area contributed by atoms with E-state index in [1.54, 1.807) is 13.1 Å². The Morgan fingerprint density at radius 2 is 1.35 bits per heavy atom. The molecule has 0 atom stereocenters. The van der Waals surface area contributed by atoms with E-state index < -0.39 is 0 Å². The number of rotatable bonds is 3. The van der Waals surface area contributed by atoms with Gasteiger partial charge in [-0.3, -0.25) is 0 Å². The minimum absolute atomic E-state index is 0.356. The quantitative estimate of drug-likeness (QED) is 0.714. The van der Waals surface area contributed by atoms with E-state index in [0.717, 1.165) is 0 Å². The Bertz CT molecular complexity index is 513. The fourth-order valence-electron chi connectivity index (χ4n) is 1.65. The molecule has 0 radical (unpaired) electrons. The average Bonchev–Trinajstić information content (AvgIpc) is 2.39. The van der Waals surface area contributed by atoms with E-state index >= 15 is 0 Å². The molecule has 84 valence electrons. The van der Waals surface area contributed by atoms with Gasteiger partial charge in [0.1, 0.15) is 0 Å². The van der Waals surface area contributed by atoms with Gasteiger partial charge in [0.05, 0.1) is 0 Å². The summed E-state index contributed by atoms with van der Waals surface area (Å²) >= 11 is -0.720. The summed E-state index contributed by atoms with van der Waals surface area (Å²) in [4.78, 5) is 2.55. The van der Waals surface area contributed by atoms with Crippen LogP contribution in [-0.2, 0) is 0 Å². The van der Waals surface area contributed by atoms with Crippen LogP contribution < -0.4 is 8.79 Å². The van der Waals surface area contributed by atoms with Gasteiger partial charge in [0, 0.05) is 0 Å². The summed E-state index contributed by atoms with van der Waals surface area (Å²) in [5, 5.41) is 0. The van der Waals surface area contributed by atoms with Crippen LogP contribution in [0.5, 0.6) is 0 Å². The summed E-state index contributed by atoms with van der Waals surface area (Å²) in [7, 11) is 0. The molecule has 0 unspecified atom stereocenters. The summed E-state index contributed by atoms with van der Waals surface area (Å²) in [5.41, 5.74) is 0. The van der Waals surface area contributed by atoms with Gasteiger partial charge in [0.25, 0.3) is 0 Å². The molecule has 2 aromatic carbocycles.